The van der Waals surface area contributed by atoms with Gasteiger partial charge in [-0.1, -0.05) is 17.7 Å². The largest absolute Gasteiger partial charge is 0.197 e. The topological polar surface area (TPSA) is 23.8 Å². The number of nitriles is 1. The molecule has 3 heteroatoms. The number of alkyl halides is 1. The number of nitrogens with zero attached hydrogens (tertiary/aromatic N) is 1. The van der Waals surface area contributed by atoms with E-state index in [1.807, 2.05) is 6.07 Å². The average molecular weight is 226 g/mol. The highest BCUT2D eigenvalue weighted by Gasteiger charge is 2.04. The van der Waals surface area contributed by atoms with Gasteiger partial charge in [-0.15, -0.1) is 23.4 Å². The number of benzene rings is 1. The summed E-state index contributed by atoms with van der Waals surface area (Å²) in [6.07, 6.45) is 0. The Kier molecular flexibility index (Phi) is 4.31. The molecule has 0 fully saturated rings. The van der Waals surface area contributed by atoms with E-state index < -0.39 is 5.38 Å². The van der Waals surface area contributed by atoms with Crippen LogP contribution in [0.15, 0.2) is 23.1 Å². The van der Waals surface area contributed by atoms with Crippen molar-refractivity contribution >= 4 is 23.4 Å². The molecule has 1 rings (SSSR count). The number of aryl methyl sites for hydroxylation is 2. The molecule has 74 valence electrons. The van der Waals surface area contributed by atoms with Crippen molar-refractivity contribution in [3.63, 3.8) is 0 Å². The fourth-order valence-corrected chi connectivity index (χ4v) is 2.20. The van der Waals surface area contributed by atoms with Crippen molar-refractivity contribution in [3.05, 3.63) is 29.3 Å². The van der Waals surface area contributed by atoms with Crippen molar-refractivity contribution in [2.45, 2.75) is 24.1 Å². The third kappa shape index (κ3) is 3.25. The van der Waals surface area contributed by atoms with E-state index in [2.05, 4.69) is 32.0 Å². The predicted octanol–water partition coefficient (Wildman–Crippen LogP) is 3.53. The lowest BCUT2D eigenvalue weighted by atomic mass is 10.2. The maximum Gasteiger partial charge on any atom is 0.129 e. The Bertz CT molecular complexity index is 357. The molecule has 0 radical (unpaired) electrons. The molecule has 0 heterocycles. The van der Waals surface area contributed by atoms with Crippen LogP contribution in [0.4, 0.5) is 0 Å². The predicted molar refractivity (Wildman–Crippen MR) is 61.9 cm³/mol. The molecule has 1 aromatic rings. The van der Waals surface area contributed by atoms with Gasteiger partial charge in [0.05, 0.1) is 6.07 Å². The van der Waals surface area contributed by atoms with Gasteiger partial charge in [0.25, 0.3) is 0 Å². The van der Waals surface area contributed by atoms with Crippen LogP contribution >= 0.6 is 23.4 Å². The van der Waals surface area contributed by atoms with Crippen LogP contribution in [0.5, 0.6) is 0 Å². The molecule has 0 bridgehead atoms. The van der Waals surface area contributed by atoms with Gasteiger partial charge in [0.15, 0.2) is 0 Å². The first kappa shape index (κ1) is 11.4. The molecule has 0 aliphatic carbocycles. The molecular weight excluding hydrogens is 214 g/mol. The summed E-state index contributed by atoms with van der Waals surface area (Å²) >= 11 is 7.35. The second kappa shape index (κ2) is 5.29. The molecule has 14 heavy (non-hydrogen) atoms. The first-order valence-electron chi connectivity index (χ1n) is 4.37. The summed E-state index contributed by atoms with van der Waals surface area (Å²) in [6.45, 7) is 4.14. The van der Waals surface area contributed by atoms with Gasteiger partial charge >= 0.3 is 0 Å². The van der Waals surface area contributed by atoms with Gasteiger partial charge in [-0.3, -0.25) is 0 Å². The molecule has 0 amide bonds. The molecule has 0 spiro atoms. The van der Waals surface area contributed by atoms with Crippen molar-refractivity contribution in [3.8, 4) is 6.07 Å². The van der Waals surface area contributed by atoms with E-state index in [1.165, 1.54) is 16.0 Å². The zero-order valence-corrected chi connectivity index (χ0v) is 9.82. The molecule has 0 aromatic heterocycles. The number of rotatable bonds is 3. The summed E-state index contributed by atoms with van der Waals surface area (Å²) in [5.74, 6) is 0.641. The van der Waals surface area contributed by atoms with Crippen molar-refractivity contribution in [2.24, 2.45) is 0 Å². The highest BCUT2D eigenvalue weighted by atomic mass is 35.5. The van der Waals surface area contributed by atoms with Gasteiger partial charge in [0.1, 0.15) is 5.38 Å². The van der Waals surface area contributed by atoms with Gasteiger partial charge in [-0.2, -0.15) is 5.26 Å². The van der Waals surface area contributed by atoms with Gasteiger partial charge in [0.2, 0.25) is 0 Å². The number of thioether (sulfide) groups is 1. The van der Waals surface area contributed by atoms with Crippen LogP contribution in [0.2, 0.25) is 0 Å². The summed E-state index contributed by atoms with van der Waals surface area (Å²) < 4.78 is 0. The lowest BCUT2D eigenvalue weighted by molar-refractivity contribution is 1.22. The summed E-state index contributed by atoms with van der Waals surface area (Å²) in [6, 6.07) is 8.30. The third-order valence-electron chi connectivity index (χ3n) is 1.86. The summed E-state index contributed by atoms with van der Waals surface area (Å²) in [5, 5.41) is 8.13. The van der Waals surface area contributed by atoms with E-state index in [0.717, 1.165) is 0 Å². The Hall–Kier alpha value is -0.650. The second-order valence-corrected chi connectivity index (χ2v) is 4.77. The molecule has 1 aromatic carbocycles. The Balaban J connectivity index is 2.64. The van der Waals surface area contributed by atoms with Crippen LogP contribution in [0.25, 0.3) is 0 Å². The minimum atomic E-state index is -0.402. The molecule has 1 atom stereocenters. The molecule has 0 N–H and O–H groups in total. The maximum atomic E-state index is 8.53. The minimum absolute atomic E-state index is 0.402. The van der Waals surface area contributed by atoms with Gasteiger partial charge in [0, 0.05) is 10.6 Å². The van der Waals surface area contributed by atoms with E-state index in [0.29, 0.717) is 5.75 Å². The summed E-state index contributed by atoms with van der Waals surface area (Å²) in [4.78, 5) is 1.21. The van der Waals surface area contributed by atoms with Crippen molar-refractivity contribution < 1.29 is 0 Å². The molecular formula is C11H12ClNS. The normalized spacial score (nSPS) is 12.1. The third-order valence-corrected chi connectivity index (χ3v) is 3.56. The standard InChI is InChI=1S/C11H12ClNS/c1-8-3-4-11(9(2)5-8)14-7-10(12)6-13/h3-5,10H,7H2,1-2H3. The summed E-state index contributed by atoms with van der Waals surface area (Å²) in [5.41, 5.74) is 2.51. The van der Waals surface area contributed by atoms with Crippen LogP contribution < -0.4 is 0 Å². The van der Waals surface area contributed by atoms with Crippen LogP contribution in [0, 0.1) is 25.2 Å². The molecule has 1 nitrogen and oxygen atoms in total. The van der Waals surface area contributed by atoms with E-state index in [4.69, 9.17) is 16.9 Å². The Morgan fingerprint density at radius 1 is 1.50 bits per heavy atom. The van der Waals surface area contributed by atoms with Crippen molar-refractivity contribution in [1.29, 1.82) is 5.26 Å². The zero-order chi connectivity index (χ0) is 10.6. The van der Waals surface area contributed by atoms with Crippen LogP contribution in [0.1, 0.15) is 11.1 Å². The van der Waals surface area contributed by atoms with Gasteiger partial charge < -0.3 is 0 Å². The molecule has 1 unspecified atom stereocenters. The van der Waals surface area contributed by atoms with Crippen LogP contribution in [0.3, 0.4) is 0 Å². The molecule has 0 aliphatic heterocycles. The maximum absolute atomic E-state index is 8.53. The van der Waals surface area contributed by atoms with Gasteiger partial charge in [-0.25, -0.2) is 0 Å². The number of hydrogen-bond acceptors (Lipinski definition) is 2. The van der Waals surface area contributed by atoms with E-state index in [9.17, 15) is 0 Å². The second-order valence-electron chi connectivity index (χ2n) is 3.18. The zero-order valence-electron chi connectivity index (χ0n) is 8.25. The fourth-order valence-electron chi connectivity index (χ4n) is 1.16. The van der Waals surface area contributed by atoms with E-state index >= 15 is 0 Å². The number of hydrogen-bond donors (Lipinski definition) is 0. The Labute approximate surface area is 94.1 Å². The lowest BCUT2D eigenvalue weighted by Crippen LogP contribution is -1.97. The van der Waals surface area contributed by atoms with Crippen molar-refractivity contribution in [2.75, 3.05) is 5.75 Å². The molecule has 0 saturated heterocycles. The molecule has 0 saturated carbocycles. The minimum Gasteiger partial charge on any atom is -0.197 e. The summed E-state index contributed by atoms with van der Waals surface area (Å²) in [7, 11) is 0. The highest BCUT2D eigenvalue weighted by molar-refractivity contribution is 7.99. The lowest BCUT2D eigenvalue weighted by Gasteiger charge is -2.06. The first-order valence-corrected chi connectivity index (χ1v) is 5.79. The number of halogens is 1. The highest BCUT2D eigenvalue weighted by Crippen LogP contribution is 2.24. The monoisotopic (exact) mass is 225 g/mol. The SMILES string of the molecule is Cc1ccc(SCC(Cl)C#N)c(C)c1. The van der Waals surface area contributed by atoms with Crippen molar-refractivity contribution in [1.82, 2.24) is 0 Å². The first-order chi connectivity index (χ1) is 6.63. The van der Waals surface area contributed by atoms with Gasteiger partial charge in [-0.05, 0) is 25.5 Å². The Morgan fingerprint density at radius 3 is 2.79 bits per heavy atom. The van der Waals surface area contributed by atoms with Crippen LogP contribution in [-0.2, 0) is 0 Å². The quantitative estimate of drug-likeness (QED) is 0.581. The smallest absolute Gasteiger partial charge is 0.129 e. The van der Waals surface area contributed by atoms with E-state index in [1.54, 1.807) is 11.8 Å². The average Bonchev–Trinajstić information content (AvgIpc) is 2.16. The van der Waals surface area contributed by atoms with Crippen LogP contribution in [-0.4, -0.2) is 11.1 Å². The molecule has 0 aliphatic rings. The Morgan fingerprint density at radius 2 is 2.21 bits per heavy atom. The van der Waals surface area contributed by atoms with E-state index in [-0.39, 0.29) is 0 Å². The fraction of sp³-hybridized carbons (Fsp3) is 0.364.